The first-order valence-electron chi connectivity index (χ1n) is 6.60. The van der Waals surface area contributed by atoms with Crippen LogP contribution in [-0.4, -0.2) is 48.4 Å². The van der Waals surface area contributed by atoms with Crippen molar-refractivity contribution in [3.8, 4) is 5.75 Å². The maximum absolute atomic E-state index is 12.1. The van der Waals surface area contributed by atoms with Crippen LogP contribution in [0.1, 0.15) is 18.5 Å². The lowest BCUT2D eigenvalue weighted by Crippen LogP contribution is -2.46. The van der Waals surface area contributed by atoms with Crippen molar-refractivity contribution < 1.29 is 28.2 Å². The number of hydrogen-bond acceptors (Lipinski definition) is 4. The predicted octanol–water partition coefficient (Wildman–Crippen LogP) is 2.13. The van der Waals surface area contributed by atoms with Crippen molar-refractivity contribution in [2.75, 3.05) is 19.7 Å². The molecule has 1 N–H and O–H groups in total. The van der Waals surface area contributed by atoms with Crippen molar-refractivity contribution in [1.82, 2.24) is 4.90 Å². The fourth-order valence-electron chi connectivity index (χ4n) is 2.31. The SMILES string of the molecule is CC(c1ccc(OC(F)F)cc1)N1CCOC(C(=O)O)C1. The second-order valence-corrected chi connectivity index (χ2v) is 4.82. The Balaban J connectivity index is 2.02. The van der Waals surface area contributed by atoms with Crippen molar-refractivity contribution in [3.05, 3.63) is 29.8 Å². The van der Waals surface area contributed by atoms with Crippen molar-refractivity contribution in [2.24, 2.45) is 0 Å². The van der Waals surface area contributed by atoms with Gasteiger partial charge in [0.1, 0.15) is 5.75 Å². The fraction of sp³-hybridized carbons (Fsp3) is 0.500. The number of aliphatic carboxylic acids is 1. The maximum atomic E-state index is 12.1. The van der Waals surface area contributed by atoms with Gasteiger partial charge >= 0.3 is 12.6 Å². The van der Waals surface area contributed by atoms with E-state index < -0.39 is 18.7 Å². The molecule has 1 aromatic rings. The Morgan fingerprint density at radius 2 is 2.10 bits per heavy atom. The number of benzene rings is 1. The smallest absolute Gasteiger partial charge is 0.387 e. The van der Waals surface area contributed by atoms with E-state index in [1.54, 1.807) is 12.1 Å². The van der Waals surface area contributed by atoms with E-state index in [4.69, 9.17) is 9.84 Å². The zero-order chi connectivity index (χ0) is 15.4. The number of halogens is 2. The summed E-state index contributed by atoms with van der Waals surface area (Å²) in [5.74, 6) is -0.876. The van der Waals surface area contributed by atoms with Crippen molar-refractivity contribution in [3.63, 3.8) is 0 Å². The normalized spacial score (nSPS) is 21.2. The molecule has 0 amide bonds. The van der Waals surface area contributed by atoms with Gasteiger partial charge in [0.25, 0.3) is 0 Å². The van der Waals surface area contributed by atoms with Gasteiger partial charge < -0.3 is 14.6 Å². The van der Waals surface area contributed by atoms with Crippen LogP contribution in [0.4, 0.5) is 8.78 Å². The molecule has 1 aliphatic heterocycles. The molecule has 0 saturated carbocycles. The Morgan fingerprint density at radius 3 is 2.67 bits per heavy atom. The second kappa shape index (κ2) is 6.82. The Hall–Kier alpha value is -1.73. The molecule has 1 fully saturated rings. The lowest BCUT2D eigenvalue weighted by molar-refractivity contribution is -0.157. The van der Waals surface area contributed by atoms with Gasteiger partial charge in [-0.1, -0.05) is 12.1 Å². The largest absolute Gasteiger partial charge is 0.479 e. The Kier molecular flexibility index (Phi) is 5.08. The summed E-state index contributed by atoms with van der Waals surface area (Å²) in [6, 6.07) is 6.33. The molecule has 0 spiro atoms. The zero-order valence-corrected chi connectivity index (χ0v) is 11.5. The molecular formula is C14H17F2NO4. The lowest BCUT2D eigenvalue weighted by Gasteiger charge is -2.35. The number of carbonyl (C=O) groups is 1. The van der Waals surface area contributed by atoms with Crippen LogP contribution in [0.15, 0.2) is 24.3 Å². The molecule has 7 heteroatoms. The third-order valence-electron chi connectivity index (χ3n) is 3.51. The summed E-state index contributed by atoms with van der Waals surface area (Å²) in [5.41, 5.74) is 0.905. The van der Waals surface area contributed by atoms with Gasteiger partial charge in [-0.2, -0.15) is 8.78 Å². The molecule has 2 rings (SSSR count). The minimum absolute atomic E-state index is 0.0312. The van der Waals surface area contributed by atoms with E-state index in [2.05, 4.69) is 4.74 Å². The molecule has 1 aliphatic rings. The van der Waals surface area contributed by atoms with Crippen LogP contribution in [0.25, 0.3) is 0 Å². The quantitative estimate of drug-likeness (QED) is 0.903. The molecule has 0 bridgehead atoms. The minimum Gasteiger partial charge on any atom is -0.479 e. The summed E-state index contributed by atoms with van der Waals surface area (Å²) in [6.45, 7) is 0.372. The zero-order valence-electron chi connectivity index (χ0n) is 11.5. The van der Waals surface area contributed by atoms with Gasteiger partial charge in [-0.15, -0.1) is 0 Å². The third-order valence-corrected chi connectivity index (χ3v) is 3.51. The van der Waals surface area contributed by atoms with Gasteiger partial charge in [-0.05, 0) is 24.6 Å². The fourth-order valence-corrected chi connectivity index (χ4v) is 2.31. The highest BCUT2D eigenvalue weighted by Gasteiger charge is 2.29. The van der Waals surface area contributed by atoms with E-state index in [1.807, 2.05) is 11.8 Å². The number of alkyl halides is 2. The van der Waals surface area contributed by atoms with Gasteiger partial charge in [0.2, 0.25) is 0 Å². The van der Waals surface area contributed by atoms with E-state index in [0.29, 0.717) is 19.7 Å². The summed E-state index contributed by atoms with van der Waals surface area (Å²) in [5, 5.41) is 8.99. The average molecular weight is 301 g/mol. The molecule has 116 valence electrons. The van der Waals surface area contributed by atoms with Crippen LogP contribution in [0, 0.1) is 0 Å². The van der Waals surface area contributed by atoms with Crippen LogP contribution >= 0.6 is 0 Å². The molecule has 0 radical (unpaired) electrons. The van der Waals surface area contributed by atoms with E-state index in [9.17, 15) is 13.6 Å². The van der Waals surface area contributed by atoms with E-state index in [1.165, 1.54) is 12.1 Å². The first-order chi connectivity index (χ1) is 9.97. The first-order valence-corrected chi connectivity index (χ1v) is 6.60. The molecule has 1 heterocycles. The number of carboxylic acids is 1. The van der Waals surface area contributed by atoms with Crippen molar-refractivity contribution in [1.29, 1.82) is 0 Å². The standard InChI is InChI=1S/C14H17F2NO4/c1-9(17-6-7-20-12(8-17)13(18)19)10-2-4-11(5-3-10)21-14(15)16/h2-5,9,12,14H,6-8H2,1H3,(H,18,19). The number of rotatable bonds is 5. The first kappa shape index (κ1) is 15.7. The predicted molar refractivity (Wildman–Crippen MR) is 70.4 cm³/mol. The van der Waals surface area contributed by atoms with E-state index in [0.717, 1.165) is 5.56 Å². The van der Waals surface area contributed by atoms with Crippen LogP contribution < -0.4 is 4.74 Å². The summed E-state index contributed by atoms with van der Waals surface area (Å²) in [7, 11) is 0. The summed E-state index contributed by atoms with van der Waals surface area (Å²) in [4.78, 5) is 13.0. The van der Waals surface area contributed by atoms with Gasteiger partial charge in [0.05, 0.1) is 6.61 Å². The van der Waals surface area contributed by atoms with Gasteiger partial charge in [0, 0.05) is 19.1 Å². The maximum Gasteiger partial charge on any atom is 0.387 e. The highest BCUT2D eigenvalue weighted by Crippen LogP contribution is 2.25. The van der Waals surface area contributed by atoms with E-state index in [-0.39, 0.29) is 11.8 Å². The molecular weight excluding hydrogens is 284 g/mol. The number of nitrogens with zero attached hydrogens (tertiary/aromatic N) is 1. The summed E-state index contributed by atoms with van der Waals surface area (Å²) < 4.78 is 33.7. The monoisotopic (exact) mass is 301 g/mol. The number of carboxylic acid groups (broad SMARTS) is 1. The van der Waals surface area contributed by atoms with Gasteiger partial charge in [0.15, 0.2) is 6.10 Å². The third kappa shape index (κ3) is 4.12. The highest BCUT2D eigenvalue weighted by atomic mass is 19.3. The summed E-state index contributed by atoms with van der Waals surface area (Å²) >= 11 is 0. The number of ether oxygens (including phenoxy) is 2. The highest BCUT2D eigenvalue weighted by molar-refractivity contribution is 5.72. The molecule has 2 atom stereocenters. The van der Waals surface area contributed by atoms with Crippen LogP contribution in [0.2, 0.25) is 0 Å². The van der Waals surface area contributed by atoms with Crippen LogP contribution in [0.3, 0.4) is 0 Å². The van der Waals surface area contributed by atoms with Crippen molar-refractivity contribution in [2.45, 2.75) is 25.7 Å². The Labute approximate surface area is 121 Å². The van der Waals surface area contributed by atoms with Crippen LogP contribution in [-0.2, 0) is 9.53 Å². The molecule has 2 unspecified atom stereocenters. The second-order valence-electron chi connectivity index (χ2n) is 4.82. The molecule has 21 heavy (non-hydrogen) atoms. The van der Waals surface area contributed by atoms with Gasteiger partial charge in [-0.25, -0.2) is 4.79 Å². The number of hydrogen-bond donors (Lipinski definition) is 1. The van der Waals surface area contributed by atoms with Gasteiger partial charge in [-0.3, -0.25) is 4.90 Å². The molecule has 0 aromatic heterocycles. The topological polar surface area (TPSA) is 59.0 Å². The Bertz CT molecular complexity index is 480. The minimum atomic E-state index is -2.84. The molecule has 5 nitrogen and oxygen atoms in total. The van der Waals surface area contributed by atoms with Crippen LogP contribution in [0.5, 0.6) is 5.75 Å². The summed E-state index contributed by atoms with van der Waals surface area (Å²) in [6.07, 6.45) is -0.831. The lowest BCUT2D eigenvalue weighted by atomic mass is 10.1. The average Bonchev–Trinajstić information content (AvgIpc) is 2.47. The number of morpholine rings is 1. The van der Waals surface area contributed by atoms with Crippen molar-refractivity contribution >= 4 is 5.97 Å². The molecule has 1 aromatic carbocycles. The Morgan fingerprint density at radius 1 is 1.43 bits per heavy atom. The molecule has 0 aliphatic carbocycles. The molecule has 1 saturated heterocycles. The van der Waals surface area contributed by atoms with E-state index >= 15 is 0 Å².